The van der Waals surface area contributed by atoms with E-state index in [0.717, 1.165) is 19.7 Å². The average molecular weight is 254 g/mol. The molecule has 0 aromatic carbocycles. The van der Waals surface area contributed by atoms with Crippen molar-refractivity contribution < 1.29 is 4.74 Å². The zero-order valence-corrected chi connectivity index (χ0v) is 12.2. The van der Waals surface area contributed by atoms with Gasteiger partial charge in [0.15, 0.2) is 0 Å². The summed E-state index contributed by atoms with van der Waals surface area (Å²) >= 11 is 0. The van der Waals surface area contributed by atoms with Crippen LogP contribution < -0.4 is 5.32 Å². The average Bonchev–Trinajstić information content (AvgIpc) is 2.33. The van der Waals surface area contributed by atoms with Gasteiger partial charge in [0.05, 0.1) is 12.2 Å². The molecule has 0 amide bonds. The van der Waals surface area contributed by atoms with Gasteiger partial charge in [-0.2, -0.15) is 0 Å². The molecule has 2 fully saturated rings. The number of likely N-dealkylation sites (tertiary alicyclic amines) is 1. The minimum atomic E-state index is 0.223. The van der Waals surface area contributed by atoms with Crippen molar-refractivity contribution in [2.75, 3.05) is 33.3 Å². The third-order valence-electron chi connectivity index (χ3n) is 4.78. The topological polar surface area (TPSA) is 24.5 Å². The van der Waals surface area contributed by atoms with Gasteiger partial charge in [0, 0.05) is 6.04 Å². The molecule has 2 rings (SSSR count). The van der Waals surface area contributed by atoms with E-state index in [-0.39, 0.29) is 5.60 Å². The van der Waals surface area contributed by atoms with E-state index in [4.69, 9.17) is 4.74 Å². The third-order valence-corrected chi connectivity index (χ3v) is 4.78. The molecule has 0 spiro atoms. The maximum Gasteiger partial charge on any atom is 0.0695 e. The van der Waals surface area contributed by atoms with Gasteiger partial charge < -0.3 is 15.0 Å². The highest BCUT2D eigenvalue weighted by molar-refractivity contribution is 4.91. The Labute approximate surface area is 112 Å². The summed E-state index contributed by atoms with van der Waals surface area (Å²) in [4.78, 5) is 2.49. The lowest BCUT2D eigenvalue weighted by molar-refractivity contribution is -0.121. The SMILES string of the molecule is CCNCCC1(OCC2CCCCN2C)CCC1. The predicted molar refractivity (Wildman–Crippen MR) is 76.0 cm³/mol. The minimum Gasteiger partial charge on any atom is -0.373 e. The zero-order chi connectivity index (χ0) is 12.8. The van der Waals surface area contributed by atoms with Crippen molar-refractivity contribution in [3.63, 3.8) is 0 Å². The second-order valence-electron chi connectivity index (χ2n) is 6.08. The molecular formula is C15H30N2O. The lowest BCUT2D eigenvalue weighted by Gasteiger charge is -2.44. The summed E-state index contributed by atoms with van der Waals surface area (Å²) in [5.74, 6) is 0. The second kappa shape index (κ2) is 6.88. The summed E-state index contributed by atoms with van der Waals surface area (Å²) < 4.78 is 6.34. The maximum atomic E-state index is 6.34. The summed E-state index contributed by atoms with van der Waals surface area (Å²) in [5, 5.41) is 3.43. The van der Waals surface area contributed by atoms with Crippen molar-refractivity contribution in [1.29, 1.82) is 0 Å². The highest BCUT2D eigenvalue weighted by Gasteiger charge is 2.38. The van der Waals surface area contributed by atoms with E-state index >= 15 is 0 Å². The van der Waals surface area contributed by atoms with Gasteiger partial charge in [0.25, 0.3) is 0 Å². The van der Waals surface area contributed by atoms with E-state index in [1.54, 1.807) is 0 Å². The van der Waals surface area contributed by atoms with Gasteiger partial charge in [0.2, 0.25) is 0 Å². The molecule has 2 aliphatic rings. The normalized spacial score (nSPS) is 28.0. The van der Waals surface area contributed by atoms with Crippen molar-refractivity contribution in [3.05, 3.63) is 0 Å². The first kappa shape index (κ1) is 14.3. The first-order valence-corrected chi connectivity index (χ1v) is 7.81. The molecule has 1 unspecified atom stereocenters. The molecule has 1 saturated heterocycles. The summed E-state index contributed by atoms with van der Waals surface area (Å²) in [6, 6.07) is 0.662. The van der Waals surface area contributed by atoms with Crippen molar-refractivity contribution in [3.8, 4) is 0 Å². The Morgan fingerprint density at radius 1 is 1.28 bits per heavy atom. The van der Waals surface area contributed by atoms with Crippen LogP contribution in [-0.2, 0) is 4.74 Å². The molecule has 0 bridgehead atoms. The van der Waals surface area contributed by atoms with Crippen LogP contribution in [-0.4, -0.2) is 49.8 Å². The van der Waals surface area contributed by atoms with Crippen molar-refractivity contribution in [1.82, 2.24) is 10.2 Å². The van der Waals surface area contributed by atoms with E-state index in [2.05, 4.69) is 24.2 Å². The Kier molecular flexibility index (Phi) is 5.46. The molecule has 1 heterocycles. The molecule has 1 atom stereocenters. The van der Waals surface area contributed by atoms with E-state index < -0.39 is 0 Å². The molecule has 106 valence electrons. The molecule has 1 N–H and O–H groups in total. The Morgan fingerprint density at radius 3 is 2.72 bits per heavy atom. The molecule has 0 aromatic rings. The van der Waals surface area contributed by atoms with Crippen LogP contribution >= 0.6 is 0 Å². The van der Waals surface area contributed by atoms with Crippen molar-refractivity contribution in [2.24, 2.45) is 0 Å². The molecule has 1 saturated carbocycles. The summed E-state index contributed by atoms with van der Waals surface area (Å²) in [7, 11) is 2.25. The van der Waals surface area contributed by atoms with Crippen LogP contribution in [0.4, 0.5) is 0 Å². The van der Waals surface area contributed by atoms with Crippen LogP contribution in [0.1, 0.15) is 51.9 Å². The summed E-state index contributed by atoms with van der Waals surface area (Å²) in [5.41, 5.74) is 0.223. The number of ether oxygens (including phenoxy) is 1. The van der Waals surface area contributed by atoms with Gasteiger partial charge in [-0.15, -0.1) is 0 Å². The predicted octanol–water partition coefficient (Wildman–Crippen LogP) is 2.41. The fraction of sp³-hybridized carbons (Fsp3) is 1.00. The number of likely N-dealkylation sites (N-methyl/N-ethyl adjacent to an activating group) is 1. The Bertz CT molecular complexity index is 241. The van der Waals surface area contributed by atoms with E-state index in [0.29, 0.717) is 6.04 Å². The van der Waals surface area contributed by atoms with Gasteiger partial charge in [0.1, 0.15) is 0 Å². The molecule has 3 heteroatoms. The first-order valence-electron chi connectivity index (χ1n) is 7.81. The molecule has 3 nitrogen and oxygen atoms in total. The highest BCUT2D eigenvalue weighted by atomic mass is 16.5. The van der Waals surface area contributed by atoms with Crippen LogP contribution in [0.3, 0.4) is 0 Å². The number of piperidine rings is 1. The maximum absolute atomic E-state index is 6.34. The number of hydrogen-bond acceptors (Lipinski definition) is 3. The molecule has 18 heavy (non-hydrogen) atoms. The number of rotatable bonds is 7. The van der Waals surface area contributed by atoms with Gasteiger partial charge in [-0.3, -0.25) is 0 Å². The molecule has 1 aliphatic heterocycles. The van der Waals surface area contributed by atoms with Gasteiger partial charge in [-0.1, -0.05) is 13.3 Å². The summed E-state index contributed by atoms with van der Waals surface area (Å²) in [6.07, 6.45) is 9.15. The highest BCUT2D eigenvalue weighted by Crippen LogP contribution is 2.38. The smallest absolute Gasteiger partial charge is 0.0695 e. The number of hydrogen-bond donors (Lipinski definition) is 1. The van der Waals surface area contributed by atoms with Crippen LogP contribution in [0.15, 0.2) is 0 Å². The molecule has 1 aliphatic carbocycles. The monoisotopic (exact) mass is 254 g/mol. The minimum absolute atomic E-state index is 0.223. The third kappa shape index (κ3) is 3.69. The standard InChI is InChI=1S/C15H30N2O/c1-3-16-11-10-15(8-6-9-15)18-13-14-7-4-5-12-17(14)2/h14,16H,3-13H2,1-2H3. The lowest BCUT2D eigenvalue weighted by atomic mass is 9.77. The lowest BCUT2D eigenvalue weighted by Crippen LogP contribution is -2.47. The van der Waals surface area contributed by atoms with Gasteiger partial charge in [-0.05, 0) is 65.2 Å². The van der Waals surface area contributed by atoms with E-state index in [1.165, 1.54) is 51.5 Å². The molecule has 0 aromatic heterocycles. The quantitative estimate of drug-likeness (QED) is 0.706. The van der Waals surface area contributed by atoms with Crippen LogP contribution in [0.25, 0.3) is 0 Å². The van der Waals surface area contributed by atoms with Crippen LogP contribution in [0.5, 0.6) is 0 Å². The Morgan fingerprint density at radius 2 is 2.11 bits per heavy atom. The zero-order valence-electron chi connectivity index (χ0n) is 12.2. The van der Waals surface area contributed by atoms with Crippen LogP contribution in [0, 0.1) is 0 Å². The second-order valence-corrected chi connectivity index (χ2v) is 6.08. The number of nitrogens with one attached hydrogen (secondary N) is 1. The largest absolute Gasteiger partial charge is 0.373 e. The molecular weight excluding hydrogens is 224 g/mol. The fourth-order valence-corrected chi connectivity index (χ4v) is 3.16. The van der Waals surface area contributed by atoms with Crippen molar-refractivity contribution >= 4 is 0 Å². The Balaban J connectivity index is 1.72. The molecule has 0 radical (unpaired) electrons. The first-order chi connectivity index (χ1) is 8.76. The van der Waals surface area contributed by atoms with Gasteiger partial charge in [-0.25, -0.2) is 0 Å². The van der Waals surface area contributed by atoms with E-state index in [9.17, 15) is 0 Å². The van der Waals surface area contributed by atoms with Crippen molar-refractivity contribution in [2.45, 2.75) is 63.5 Å². The van der Waals surface area contributed by atoms with E-state index in [1.807, 2.05) is 0 Å². The fourth-order valence-electron chi connectivity index (χ4n) is 3.16. The summed E-state index contributed by atoms with van der Waals surface area (Å²) in [6.45, 7) is 6.55. The van der Waals surface area contributed by atoms with Gasteiger partial charge >= 0.3 is 0 Å². The number of nitrogens with zero attached hydrogens (tertiary/aromatic N) is 1. The Hall–Kier alpha value is -0.120. The van der Waals surface area contributed by atoms with Crippen LogP contribution in [0.2, 0.25) is 0 Å².